The number of halogens is 3. The maximum absolute atomic E-state index is 14.4. The van der Waals surface area contributed by atoms with Crippen LogP contribution in [0.1, 0.15) is 22.0 Å². The van der Waals surface area contributed by atoms with Crippen LogP contribution in [0.15, 0.2) is 42.5 Å². The largest absolute Gasteiger partial charge is 0.497 e. The number of nitrogens with one attached hydrogen (secondary N) is 1. The molecule has 0 aliphatic carbocycles. The van der Waals surface area contributed by atoms with Crippen LogP contribution >= 0.6 is 12.4 Å². The van der Waals surface area contributed by atoms with Gasteiger partial charge in [-0.15, -0.1) is 12.4 Å². The van der Waals surface area contributed by atoms with E-state index < -0.39 is 23.1 Å². The Kier molecular flexibility index (Phi) is 5.67. The van der Waals surface area contributed by atoms with Gasteiger partial charge in [-0.3, -0.25) is 4.79 Å². The van der Waals surface area contributed by atoms with Crippen LogP contribution < -0.4 is 10.1 Å². The second kappa shape index (κ2) is 7.82. The summed E-state index contributed by atoms with van der Waals surface area (Å²) in [7, 11) is 1.33. The second-order valence-corrected chi connectivity index (χ2v) is 6.86. The summed E-state index contributed by atoms with van der Waals surface area (Å²) in [5, 5.41) is 3.36. The Bertz CT molecular complexity index is 811. The molecule has 7 heteroatoms. The van der Waals surface area contributed by atoms with Crippen LogP contribution in [0.3, 0.4) is 0 Å². The third-order valence-electron chi connectivity index (χ3n) is 5.43. The molecule has 2 aliphatic rings. The van der Waals surface area contributed by atoms with Crippen LogP contribution in [-0.2, 0) is 0 Å². The first kappa shape index (κ1) is 19.6. The number of amides is 1. The van der Waals surface area contributed by atoms with Crippen LogP contribution in [-0.4, -0.2) is 37.6 Å². The maximum Gasteiger partial charge on any atom is 0.260 e. The number of nitrogens with zero attached hydrogens (tertiary/aromatic N) is 1. The van der Waals surface area contributed by atoms with Gasteiger partial charge in [0.1, 0.15) is 22.9 Å². The number of carbonyl (C=O) groups is 1. The molecule has 4 rings (SSSR count). The zero-order valence-corrected chi connectivity index (χ0v) is 15.6. The van der Waals surface area contributed by atoms with Gasteiger partial charge >= 0.3 is 0 Å². The molecular weight excluding hydrogens is 374 g/mol. The first-order chi connectivity index (χ1) is 12.6. The second-order valence-electron chi connectivity index (χ2n) is 6.86. The number of hydrogen-bond donors (Lipinski definition) is 1. The minimum atomic E-state index is -0.895. The molecule has 2 saturated heterocycles. The molecule has 0 saturated carbocycles. The standard InChI is InChI=1S/C20H20F2N2O2.ClH/c1-26-14-7-16(21)18(17(22)8-14)20(25)24-11-13-9-23-10-15(13)19(24)12-5-3-2-4-6-12;/h2-8,13,15,19,23H,9-11H2,1H3;1H/t13-,15-,19+;/m0./s1. The highest BCUT2D eigenvalue weighted by atomic mass is 35.5. The average Bonchev–Trinajstić information content (AvgIpc) is 3.22. The van der Waals surface area contributed by atoms with E-state index in [1.165, 1.54) is 7.11 Å². The maximum atomic E-state index is 14.4. The molecule has 2 aliphatic heterocycles. The number of methoxy groups -OCH3 is 1. The van der Waals surface area contributed by atoms with E-state index in [9.17, 15) is 13.6 Å². The summed E-state index contributed by atoms with van der Waals surface area (Å²) in [4.78, 5) is 14.7. The van der Waals surface area contributed by atoms with E-state index in [1.54, 1.807) is 4.90 Å². The lowest BCUT2D eigenvalue weighted by molar-refractivity contribution is 0.0704. The van der Waals surface area contributed by atoms with Crippen molar-refractivity contribution in [2.45, 2.75) is 6.04 Å². The number of fused-ring (bicyclic) bond motifs is 1. The normalized spacial score (nSPS) is 23.7. The molecule has 2 aromatic rings. The fraction of sp³-hybridized carbons (Fsp3) is 0.350. The molecule has 0 radical (unpaired) electrons. The Labute approximate surface area is 162 Å². The predicted molar refractivity (Wildman–Crippen MR) is 100 cm³/mol. The number of hydrogen-bond acceptors (Lipinski definition) is 3. The molecule has 0 unspecified atom stereocenters. The highest BCUT2D eigenvalue weighted by Crippen LogP contribution is 2.43. The zero-order chi connectivity index (χ0) is 18.3. The number of benzene rings is 2. The molecule has 0 aromatic heterocycles. The molecular formula is C20H21ClF2N2O2. The van der Waals surface area contributed by atoms with Crippen molar-refractivity contribution in [3.63, 3.8) is 0 Å². The van der Waals surface area contributed by atoms with Gasteiger partial charge in [-0.25, -0.2) is 8.78 Å². The van der Waals surface area contributed by atoms with Gasteiger partial charge in [0.15, 0.2) is 0 Å². The molecule has 0 spiro atoms. The highest BCUT2D eigenvalue weighted by Gasteiger charge is 2.47. The van der Waals surface area contributed by atoms with Crippen molar-refractivity contribution in [1.29, 1.82) is 0 Å². The van der Waals surface area contributed by atoms with Crippen LogP contribution in [0, 0.1) is 23.5 Å². The van der Waals surface area contributed by atoms with E-state index in [4.69, 9.17) is 4.74 Å². The van der Waals surface area contributed by atoms with Crippen molar-refractivity contribution in [2.75, 3.05) is 26.7 Å². The first-order valence-corrected chi connectivity index (χ1v) is 8.70. The van der Waals surface area contributed by atoms with Gasteiger partial charge in [-0.2, -0.15) is 0 Å². The third kappa shape index (κ3) is 3.39. The van der Waals surface area contributed by atoms with Crippen LogP contribution in [0.4, 0.5) is 8.78 Å². The van der Waals surface area contributed by atoms with E-state index in [1.807, 2.05) is 30.3 Å². The lowest BCUT2D eigenvalue weighted by Crippen LogP contribution is -2.35. The first-order valence-electron chi connectivity index (χ1n) is 8.70. The van der Waals surface area contributed by atoms with E-state index in [0.717, 1.165) is 30.8 Å². The molecule has 2 heterocycles. The van der Waals surface area contributed by atoms with E-state index in [-0.39, 0.29) is 36.0 Å². The minimum absolute atomic E-state index is 0. The van der Waals surface area contributed by atoms with Gasteiger partial charge in [0.25, 0.3) is 5.91 Å². The van der Waals surface area contributed by atoms with Crippen LogP contribution in [0.5, 0.6) is 5.75 Å². The number of rotatable bonds is 3. The summed E-state index contributed by atoms with van der Waals surface area (Å²) >= 11 is 0. The number of carbonyl (C=O) groups excluding carboxylic acids is 1. The van der Waals surface area contributed by atoms with Gasteiger partial charge in [-0.05, 0) is 11.5 Å². The monoisotopic (exact) mass is 394 g/mol. The lowest BCUT2D eigenvalue weighted by Gasteiger charge is -2.28. The van der Waals surface area contributed by atoms with Crippen molar-refractivity contribution >= 4 is 18.3 Å². The summed E-state index contributed by atoms with van der Waals surface area (Å²) in [6, 6.07) is 11.6. The summed E-state index contributed by atoms with van der Waals surface area (Å²) in [6.45, 7) is 2.09. The molecule has 144 valence electrons. The van der Waals surface area contributed by atoms with Gasteiger partial charge < -0.3 is 15.0 Å². The molecule has 4 nitrogen and oxygen atoms in total. The van der Waals surface area contributed by atoms with Crippen molar-refractivity contribution in [1.82, 2.24) is 10.2 Å². The Hall–Kier alpha value is -2.18. The Morgan fingerprint density at radius 3 is 2.44 bits per heavy atom. The van der Waals surface area contributed by atoms with E-state index >= 15 is 0 Å². The average molecular weight is 395 g/mol. The minimum Gasteiger partial charge on any atom is -0.497 e. The summed E-state index contributed by atoms with van der Waals surface area (Å²) in [5.74, 6) is -1.81. The Morgan fingerprint density at radius 1 is 1.15 bits per heavy atom. The van der Waals surface area contributed by atoms with Gasteiger partial charge in [0, 0.05) is 37.7 Å². The van der Waals surface area contributed by atoms with Crippen LogP contribution in [0.25, 0.3) is 0 Å². The number of likely N-dealkylation sites (tertiary alicyclic amines) is 1. The van der Waals surface area contributed by atoms with Crippen molar-refractivity contribution in [3.05, 3.63) is 65.2 Å². The molecule has 1 amide bonds. The highest BCUT2D eigenvalue weighted by molar-refractivity contribution is 5.95. The van der Waals surface area contributed by atoms with Crippen molar-refractivity contribution in [2.24, 2.45) is 11.8 Å². The fourth-order valence-corrected chi connectivity index (χ4v) is 4.22. The third-order valence-corrected chi connectivity index (χ3v) is 5.43. The van der Waals surface area contributed by atoms with E-state index in [2.05, 4.69) is 5.32 Å². The summed E-state index contributed by atoms with van der Waals surface area (Å²) in [6.07, 6.45) is 0. The Balaban J connectivity index is 0.00000210. The fourth-order valence-electron chi connectivity index (χ4n) is 4.22. The zero-order valence-electron chi connectivity index (χ0n) is 14.8. The lowest BCUT2D eigenvalue weighted by atomic mass is 9.89. The smallest absolute Gasteiger partial charge is 0.260 e. The summed E-state index contributed by atoms with van der Waals surface area (Å²) < 4.78 is 33.8. The quantitative estimate of drug-likeness (QED) is 0.867. The SMILES string of the molecule is COc1cc(F)c(C(=O)N2C[C@@H]3CNC[C@@H]3[C@H]2c2ccccc2)c(F)c1.Cl. The van der Waals surface area contributed by atoms with E-state index in [0.29, 0.717) is 6.54 Å². The summed E-state index contributed by atoms with van der Waals surface area (Å²) in [5.41, 5.74) is 0.478. The molecule has 2 aromatic carbocycles. The Morgan fingerprint density at radius 2 is 1.81 bits per heavy atom. The van der Waals surface area contributed by atoms with Gasteiger partial charge in [0.2, 0.25) is 0 Å². The molecule has 0 bridgehead atoms. The van der Waals surface area contributed by atoms with Crippen molar-refractivity contribution < 1.29 is 18.3 Å². The topological polar surface area (TPSA) is 41.6 Å². The van der Waals surface area contributed by atoms with Crippen LogP contribution in [0.2, 0.25) is 0 Å². The van der Waals surface area contributed by atoms with Gasteiger partial charge in [-0.1, -0.05) is 30.3 Å². The predicted octanol–water partition coefficient (Wildman–Crippen LogP) is 3.43. The molecule has 1 N–H and O–H groups in total. The number of ether oxygens (including phenoxy) is 1. The molecule has 27 heavy (non-hydrogen) atoms. The molecule has 3 atom stereocenters. The molecule has 2 fully saturated rings. The van der Waals surface area contributed by atoms with Gasteiger partial charge in [0.05, 0.1) is 13.2 Å². The van der Waals surface area contributed by atoms with Crippen molar-refractivity contribution in [3.8, 4) is 5.75 Å².